The Labute approximate surface area is 463 Å². The highest BCUT2D eigenvalue weighted by Crippen LogP contribution is 2.25. The molecule has 0 atom stereocenters. The molecule has 9 N–H and O–H groups in total. The lowest BCUT2D eigenvalue weighted by molar-refractivity contribution is -0.385. The van der Waals surface area contributed by atoms with Gasteiger partial charge in [-0.3, -0.25) is 25.0 Å². The molecule has 0 aliphatic heterocycles. The zero-order chi connectivity index (χ0) is 56.2. The highest BCUT2D eigenvalue weighted by atomic mass is 79.9. The van der Waals surface area contributed by atoms with Crippen LogP contribution in [0.15, 0.2) is 108 Å². The summed E-state index contributed by atoms with van der Waals surface area (Å²) >= 11 is 8.79. The summed E-state index contributed by atoms with van der Waals surface area (Å²) in [5.41, 5.74) is 23.4. The van der Waals surface area contributed by atoms with Gasteiger partial charge in [0.25, 0.3) is 17.8 Å². The molecule has 2 aromatic heterocycles. The number of alkyl halides is 1. The van der Waals surface area contributed by atoms with Gasteiger partial charge in [0.2, 0.25) is 9.23 Å². The third kappa shape index (κ3) is 29.9. The zero-order valence-corrected chi connectivity index (χ0v) is 46.5. The van der Waals surface area contributed by atoms with Crippen LogP contribution < -0.4 is 11.5 Å². The smallest absolute Gasteiger partial charge is 0.290 e. The Bertz CT molecular complexity index is 2680. The zero-order valence-electron chi connectivity index (χ0n) is 41.8. The average Bonchev–Trinajstić information content (AvgIpc) is 3.94. The third-order valence-corrected chi connectivity index (χ3v) is 10.4. The van der Waals surface area contributed by atoms with Crippen molar-refractivity contribution in [2.45, 2.75) is 80.8 Å². The van der Waals surface area contributed by atoms with E-state index in [0.717, 1.165) is 58.3 Å². The maximum atomic E-state index is 10.6. The van der Waals surface area contributed by atoms with E-state index in [9.17, 15) is 20.2 Å². The van der Waals surface area contributed by atoms with Gasteiger partial charge < -0.3 is 46.1 Å². The van der Waals surface area contributed by atoms with Gasteiger partial charge in [-0.25, -0.2) is 14.2 Å². The number of aromatic nitrogens is 4. The molecule has 2 heterocycles. The lowest BCUT2D eigenvalue weighted by Crippen LogP contribution is -2.02. The number of nitrogen functional groups attached to an aromatic ring is 1. The minimum atomic E-state index is -1.67. The lowest BCUT2D eigenvalue weighted by atomic mass is 10.1. The molecular formula is C51H70BrCl3N8O11S. The van der Waals surface area contributed by atoms with Crippen LogP contribution in [0.2, 0.25) is 0 Å². The van der Waals surface area contributed by atoms with E-state index in [2.05, 4.69) is 89.9 Å². The summed E-state index contributed by atoms with van der Waals surface area (Å²) < 4.78 is 13.7. The number of benzene rings is 5. The highest BCUT2D eigenvalue weighted by molar-refractivity contribution is 9.10. The van der Waals surface area contributed by atoms with Gasteiger partial charge in [0.15, 0.2) is 0 Å². The van der Waals surface area contributed by atoms with Crippen molar-refractivity contribution in [1.82, 2.24) is 19.1 Å². The number of rotatable bonds is 13. The summed E-state index contributed by atoms with van der Waals surface area (Å²) in [5.74, 6) is 0.624. The molecule has 414 valence electrons. The summed E-state index contributed by atoms with van der Waals surface area (Å²) in [7, 11) is 7.36. The molecule has 5 aromatic carbocycles. The maximum Gasteiger partial charge on any atom is 0.290 e. The fourth-order valence-electron chi connectivity index (χ4n) is 6.23. The highest BCUT2D eigenvalue weighted by Gasteiger charge is 2.13. The number of nitro benzene ring substituents is 2. The van der Waals surface area contributed by atoms with Gasteiger partial charge >= 0.3 is 0 Å². The number of carbonyl (C=O) groups is 1. The predicted molar refractivity (Wildman–Crippen MR) is 308 cm³/mol. The van der Waals surface area contributed by atoms with Crippen molar-refractivity contribution < 1.29 is 44.4 Å². The molecule has 75 heavy (non-hydrogen) atoms. The number of hydrogen-bond acceptors (Lipinski definition) is 14. The number of anilines is 1. The Morgan fingerprint density at radius 3 is 1.43 bits per heavy atom. The first-order valence-corrected chi connectivity index (χ1v) is 26.7. The van der Waals surface area contributed by atoms with Crippen molar-refractivity contribution in [1.29, 1.82) is 0 Å². The van der Waals surface area contributed by atoms with Crippen LogP contribution in [-0.2, 0) is 40.0 Å². The number of nitro groups is 2. The van der Waals surface area contributed by atoms with E-state index in [4.69, 9.17) is 57.6 Å². The van der Waals surface area contributed by atoms with Crippen molar-refractivity contribution in [3.63, 3.8) is 0 Å². The van der Waals surface area contributed by atoms with Gasteiger partial charge in [0, 0.05) is 83.5 Å². The van der Waals surface area contributed by atoms with Crippen LogP contribution in [0.5, 0.6) is 0 Å². The molecular weight excluding hydrogens is 1120 g/mol. The van der Waals surface area contributed by atoms with E-state index in [1.807, 2.05) is 62.0 Å². The van der Waals surface area contributed by atoms with Gasteiger partial charge in [0.05, 0.1) is 62.3 Å². The maximum absolute atomic E-state index is 10.6. The monoisotopic (exact) mass is 1190 g/mol. The molecule has 0 radical (unpaired) electrons. The Balaban J connectivity index is 0. The summed E-state index contributed by atoms with van der Waals surface area (Å²) in [4.78, 5) is 37.0. The van der Waals surface area contributed by atoms with Crippen molar-refractivity contribution in [2.24, 2.45) is 5.73 Å². The molecule has 24 heteroatoms. The molecule has 0 aliphatic rings. The minimum Gasteiger partial charge on any atom is -0.483 e. The SMILES string of the molecule is C.Cc1ccc(N)c(CCCO)c1.Cc1ccc([N+](=O)[O-])c(Br)c1.Cc1ccc([N+](=O)[O-])c(CCCO)c1.Cc1ccc2ncn(CCCl)c2c1.Cc1ccc2ncn(CCO)c2c1.NCCO.O=CO.O=S(Cl)Cl. The first-order chi connectivity index (χ1) is 35.2. The van der Waals surface area contributed by atoms with Crippen molar-refractivity contribution in [3.8, 4) is 0 Å². The van der Waals surface area contributed by atoms with Crippen LogP contribution in [0.1, 0.15) is 59.2 Å². The molecule has 0 unspecified atom stereocenters. The Morgan fingerprint density at radius 1 is 0.653 bits per heavy atom. The average molecular weight is 1190 g/mol. The number of carboxylic acid groups (broad SMARTS) is 1. The molecule has 0 fully saturated rings. The standard InChI is InChI=1S/C10H11ClN2.C10H12N2O.C10H13NO3.C10H15NO.C7H6BrNO2.C2H7NO.CH2O2.CH4.Cl2OS/c1-8-2-3-9-10(6-8)13(5-4-11)7-12-9;1-8-2-3-9-10(6-8)12(4-5-13)7-11-9;1-8-4-5-10(11(13)14)9(7-8)3-2-6-12;1-8-4-5-10(11)9(7-8)3-2-6-12;1-5-2-3-7(9(10)11)6(8)4-5;3-1-2-4;2-1-3;;1-4(2)3/h2-3,6-7H,4-5H2,1H3;2-3,6-7,13H,4-5H2,1H3;4-5,7,12H,2-3,6H2,1H3;4-5,7,12H,2-3,6,11H2,1H3;2-4H,1H3;4H,1-3H2;1H,(H,2,3);1H4;. The van der Waals surface area contributed by atoms with E-state index in [1.165, 1.54) is 34.3 Å². The molecule has 0 saturated carbocycles. The normalized spacial score (nSPS) is 9.75. The Hall–Kier alpha value is -5.59. The van der Waals surface area contributed by atoms with E-state index in [1.54, 1.807) is 30.6 Å². The summed E-state index contributed by atoms with van der Waals surface area (Å²) in [6.45, 7) is 12.1. The van der Waals surface area contributed by atoms with Crippen LogP contribution in [0.4, 0.5) is 17.1 Å². The number of aliphatic hydroxyl groups is 4. The third-order valence-electron chi connectivity index (χ3n) is 9.59. The van der Waals surface area contributed by atoms with Crippen LogP contribution in [0, 0.1) is 54.8 Å². The first kappa shape index (κ1) is 71.5. The number of nitrogens with two attached hydrogens (primary N) is 2. The lowest BCUT2D eigenvalue weighted by Gasteiger charge is -2.05. The largest absolute Gasteiger partial charge is 0.483 e. The molecule has 0 saturated heterocycles. The second-order valence-electron chi connectivity index (χ2n) is 15.5. The number of nitrogens with zero attached hydrogens (tertiary/aromatic N) is 6. The van der Waals surface area contributed by atoms with Gasteiger partial charge in [-0.1, -0.05) is 55.0 Å². The van der Waals surface area contributed by atoms with Crippen LogP contribution in [0.3, 0.4) is 0 Å². The number of hydrogen-bond donors (Lipinski definition) is 7. The fraction of sp³-hybridized carbons (Fsp3) is 0.353. The second-order valence-corrected chi connectivity index (χ2v) is 19.3. The summed E-state index contributed by atoms with van der Waals surface area (Å²) in [6, 6.07) is 28.3. The van der Waals surface area contributed by atoms with Gasteiger partial charge in [-0.2, -0.15) is 0 Å². The number of halogens is 4. The predicted octanol–water partition coefficient (Wildman–Crippen LogP) is 10.2. The molecule has 7 rings (SSSR count). The van der Waals surface area contributed by atoms with Gasteiger partial charge in [0.1, 0.15) is 0 Å². The van der Waals surface area contributed by atoms with Crippen LogP contribution in [-0.4, -0.2) is 104 Å². The molecule has 7 aromatic rings. The van der Waals surface area contributed by atoms with E-state index in [0.29, 0.717) is 41.8 Å². The second kappa shape index (κ2) is 41.6. The van der Waals surface area contributed by atoms with Crippen molar-refractivity contribution >= 4 is 104 Å². The molecule has 19 nitrogen and oxygen atoms in total. The van der Waals surface area contributed by atoms with Crippen LogP contribution in [0.25, 0.3) is 22.1 Å². The molecule has 0 spiro atoms. The van der Waals surface area contributed by atoms with E-state index < -0.39 is 14.2 Å². The molecule has 0 aliphatic carbocycles. The van der Waals surface area contributed by atoms with Crippen LogP contribution >= 0.6 is 48.9 Å². The fourth-order valence-corrected chi connectivity index (χ4v) is 7.05. The topological polar surface area (TPSA) is 309 Å². The van der Waals surface area contributed by atoms with Gasteiger partial charge in [-0.15, -0.1) is 11.6 Å². The molecule has 0 bridgehead atoms. The van der Waals surface area contributed by atoms with E-state index in [-0.39, 0.29) is 56.6 Å². The minimum absolute atomic E-state index is 0. The first-order valence-electron chi connectivity index (χ1n) is 22.5. The van der Waals surface area contributed by atoms with Crippen molar-refractivity contribution in [2.75, 3.05) is 44.6 Å². The molecule has 0 amide bonds. The summed E-state index contributed by atoms with van der Waals surface area (Å²) in [5, 5.41) is 61.7. The number of aryl methyl sites for hydroxylation is 8. The van der Waals surface area contributed by atoms with E-state index >= 15 is 0 Å². The number of aliphatic hydroxyl groups excluding tert-OH is 4. The van der Waals surface area contributed by atoms with Crippen molar-refractivity contribution in [3.05, 3.63) is 167 Å². The quantitative estimate of drug-likeness (QED) is 0.0141. The Morgan fingerprint density at radius 2 is 1.03 bits per heavy atom. The Kier molecular flexibility index (Phi) is 39.7. The number of fused-ring (bicyclic) bond motifs is 2. The number of imidazole rings is 2. The summed E-state index contributed by atoms with van der Waals surface area (Å²) in [6.07, 6.45) is 6.36. The van der Waals surface area contributed by atoms with Gasteiger partial charge in [-0.05, 0) is 141 Å².